The molecule has 0 heterocycles. The lowest BCUT2D eigenvalue weighted by Gasteiger charge is -2.42. The Hall–Kier alpha value is -0.120. The molecule has 0 radical (unpaired) electrons. The summed E-state index contributed by atoms with van der Waals surface area (Å²) in [5.41, 5.74) is 0.460. The average molecular weight is 270 g/mol. The van der Waals surface area contributed by atoms with Gasteiger partial charge in [-0.2, -0.15) is 0 Å². The summed E-state index contributed by atoms with van der Waals surface area (Å²) in [6.07, 6.45) is 4.96. The summed E-state index contributed by atoms with van der Waals surface area (Å²) in [6.45, 7) is 14.9. The minimum atomic E-state index is 0.184. The van der Waals surface area contributed by atoms with Gasteiger partial charge in [-0.3, -0.25) is 4.90 Å². The molecule has 1 saturated carbocycles. The molecule has 0 atom stereocenters. The molecule has 3 nitrogen and oxygen atoms in total. The lowest BCUT2D eigenvalue weighted by atomic mass is 9.86. The van der Waals surface area contributed by atoms with Crippen molar-refractivity contribution in [3.8, 4) is 0 Å². The van der Waals surface area contributed by atoms with E-state index in [4.69, 9.17) is 5.11 Å². The summed E-state index contributed by atoms with van der Waals surface area (Å²) in [6, 6.07) is 0.764. The molecule has 0 aliphatic heterocycles. The van der Waals surface area contributed by atoms with Gasteiger partial charge in [0.2, 0.25) is 0 Å². The van der Waals surface area contributed by atoms with E-state index >= 15 is 0 Å². The van der Waals surface area contributed by atoms with E-state index in [0.29, 0.717) is 6.61 Å². The van der Waals surface area contributed by atoms with E-state index in [1.165, 1.54) is 19.3 Å². The second kappa shape index (κ2) is 7.05. The number of nitrogens with zero attached hydrogens (tertiary/aromatic N) is 1. The molecular weight excluding hydrogens is 236 g/mol. The number of hydrogen-bond acceptors (Lipinski definition) is 3. The zero-order valence-electron chi connectivity index (χ0n) is 13.6. The standard InChI is InChI=1S/C16H34N2O/c1-15(2,3)17-12-16(4,5)13-18(10-7-11-19)14-8-6-9-14/h14,17,19H,6-13H2,1-5H3. The first kappa shape index (κ1) is 16.9. The zero-order chi connectivity index (χ0) is 14.5. The van der Waals surface area contributed by atoms with Crippen molar-refractivity contribution in [2.45, 2.75) is 71.9 Å². The smallest absolute Gasteiger partial charge is 0.0443 e. The van der Waals surface area contributed by atoms with Crippen molar-refractivity contribution in [2.75, 3.05) is 26.2 Å². The molecule has 0 saturated heterocycles. The summed E-state index contributed by atoms with van der Waals surface area (Å²) in [7, 11) is 0. The maximum Gasteiger partial charge on any atom is 0.0443 e. The number of aliphatic hydroxyl groups is 1. The SMILES string of the molecule is CC(C)(CNC(C)(C)C)CN(CCCO)C1CCC1. The third kappa shape index (κ3) is 6.73. The van der Waals surface area contributed by atoms with Crippen molar-refractivity contribution >= 4 is 0 Å². The fourth-order valence-electron chi connectivity index (χ4n) is 2.53. The molecule has 0 unspecified atom stereocenters. The first-order chi connectivity index (χ1) is 8.73. The predicted octanol–water partition coefficient (Wildman–Crippen LogP) is 2.64. The highest BCUT2D eigenvalue weighted by Gasteiger charge is 2.30. The molecule has 0 amide bonds. The van der Waals surface area contributed by atoms with E-state index < -0.39 is 0 Å². The molecule has 0 bridgehead atoms. The van der Waals surface area contributed by atoms with E-state index in [1.54, 1.807) is 0 Å². The molecule has 0 aromatic heterocycles. The molecule has 0 aromatic carbocycles. The van der Waals surface area contributed by atoms with E-state index in [1.807, 2.05) is 0 Å². The summed E-state index contributed by atoms with van der Waals surface area (Å²) in [5.74, 6) is 0. The molecule has 19 heavy (non-hydrogen) atoms. The Balaban J connectivity index is 2.45. The summed E-state index contributed by atoms with van der Waals surface area (Å²) >= 11 is 0. The quantitative estimate of drug-likeness (QED) is 0.712. The Kier molecular flexibility index (Phi) is 6.28. The van der Waals surface area contributed by atoms with Crippen molar-refractivity contribution in [2.24, 2.45) is 5.41 Å². The lowest BCUT2D eigenvalue weighted by Crippen LogP contribution is -2.50. The second-order valence-corrected chi connectivity index (χ2v) is 7.90. The molecular formula is C16H34N2O. The third-order valence-electron chi connectivity index (χ3n) is 3.92. The summed E-state index contributed by atoms with van der Waals surface area (Å²) in [4.78, 5) is 2.60. The van der Waals surface area contributed by atoms with E-state index in [-0.39, 0.29) is 11.0 Å². The van der Waals surface area contributed by atoms with Crippen LogP contribution in [-0.2, 0) is 0 Å². The fraction of sp³-hybridized carbons (Fsp3) is 1.00. The first-order valence-corrected chi connectivity index (χ1v) is 7.83. The van der Waals surface area contributed by atoms with Gasteiger partial charge in [-0.05, 0) is 45.4 Å². The Labute approximate surface area is 119 Å². The Morgan fingerprint density at radius 2 is 1.79 bits per heavy atom. The van der Waals surface area contributed by atoms with Gasteiger partial charge in [-0.25, -0.2) is 0 Å². The highest BCUT2D eigenvalue weighted by molar-refractivity contribution is 4.86. The molecule has 1 aliphatic rings. The number of hydrogen-bond donors (Lipinski definition) is 2. The van der Waals surface area contributed by atoms with Crippen LogP contribution < -0.4 is 5.32 Å². The van der Waals surface area contributed by atoms with Gasteiger partial charge in [-0.15, -0.1) is 0 Å². The second-order valence-electron chi connectivity index (χ2n) is 7.90. The van der Waals surface area contributed by atoms with Gasteiger partial charge < -0.3 is 10.4 Å². The van der Waals surface area contributed by atoms with Crippen molar-refractivity contribution in [1.29, 1.82) is 0 Å². The van der Waals surface area contributed by atoms with Gasteiger partial charge in [-0.1, -0.05) is 20.3 Å². The van der Waals surface area contributed by atoms with Crippen molar-refractivity contribution in [3.63, 3.8) is 0 Å². The number of aliphatic hydroxyl groups excluding tert-OH is 1. The highest BCUT2D eigenvalue weighted by atomic mass is 16.3. The van der Waals surface area contributed by atoms with Crippen LogP contribution in [0.5, 0.6) is 0 Å². The van der Waals surface area contributed by atoms with Crippen LogP contribution in [0.15, 0.2) is 0 Å². The van der Waals surface area contributed by atoms with Crippen LogP contribution in [0.1, 0.15) is 60.3 Å². The molecule has 3 heteroatoms. The van der Waals surface area contributed by atoms with Crippen LogP contribution in [0.3, 0.4) is 0 Å². The zero-order valence-corrected chi connectivity index (χ0v) is 13.6. The van der Waals surface area contributed by atoms with E-state index in [2.05, 4.69) is 44.8 Å². The Morgan fingerprint density at radius 3 is 2.21 bits per heavy atom. The largest absolute Gasteiger partial charge is 0.396 e. The van der Waals surface area contributed by atoms with Crippen LogP contribution in [0.25, 0.3) is 0 Å². The van der Waals surface area contributed by atoms with Gasteiger partial charge >= 0.3 is 0 Å². The molecule has 0 aromatic rings. The number of nitrogens with one attached hydrogen (secondary N) is 1. The van der Waals surface area contributed by atoms with Crippen LogP contribution >= 0.6 is 0 Å². The normalized spacial score (nSPS) is 17.8. The minimum absolute atomic E-state index is 0.184. The van der Waals surface area contributed by atoms with Gasteiger partial charge in [0.05, 0.1) is 0 Å². The van der Waals surface area contributed by atoms with E-state index in [0.717, 1.165) is 32.1 Å². The maximum atomic E-state index is 9.06. The van der Waals surface area contributed by atoms with Crippen molar-refractivity contribution in [1.82, 2.24) is 10.2 Å². The third-order valence-corrected chi connectivity index (χ3v) is 3.92. The van der Waals surface area contributed by atoms with Gasteiger partial charge in [0.25, 0.3) is 0 Å². The van der Waals surface area contributed by atoms with Crippen LogP contribution in [-0.4, -0.2) is 47.8 Å². The first-order valence-electron chi connectivity index (χ1n) is 7.83. The molecule has 2 N–H and O–H groups in total. The van der Waals surface area contributed by atoms with Gasteiger partial charge in [0.1, 0.15) is 0 Å². The average Bonchev–Trinajstić information content (AvgIpc) is 2.19. The summed E-state index contributed by atoms with van der Waals surface area (Å²) in [5, 5.41) is 12.7. The molecule has 1 fully saturated rings. The Morgan fingerprint density at radius 1 is 1.16 bits per heavy atom. The van der Waals surface area contributed by atoms with E-state index in [9.17, 15) is 0 Å². The fourth-order valence-corrected chi connectivity index (χ4v) is 2.53. The van der Waals surface area contributed by atoms with Crippen molar-refractivity contribution in [3.05, 3.63) is 0 Å². The topological polar surface area (TPSA) is 35.5 Å². The minimum Gasteiger partial charge on any atom is -0.396 e. The Bertz CT molecular complexity index is 254. The lowest BCUT2D eigenvalue weighted by molar-refractivity contribution is 0.0724. The summed E-state index contributed by atoms with van der Waals surface area (Å²) < 4.78 is 0. The van der Waals surface area contributed by atoms with Crippen LogP contribution in [0.4, 0.5) is 0 Å². The monoisotopic (exact) mass is 270 g/mol. The molecule has 0 spiro atoms. The van der Waals surface area contributed by atoms with Crippen molar-refractivity contribution < 1.29 is 5.11 Å². The van der Waals surface area contributed by atoms with Crippen LogP contribution in [0.2, 0.25) is 0 Å². The highest BCUT2D eigenvalue weighted by Crippen LogP contribution is 2.28. The molecule has 1 aliphatic carbocycles. The van der Waals surface area contributed by atoms with Gasteiger partial charge in [0, 0.05) is 37.8 Å². The van der Waals surface area contributed by atoms with Crippen LogP contribution in [0, 0.1) is 5.41 Å². The maximum absolute atomic E-state index is 9.06. The number of rotatable bonds is 8. The molecule has 1 rings (SSSR count). The molecule has 114 valence electrons. The predicted molar refractivity (Wildman–Crippen MR) is 82.5 cm³/mol. The van der Waals surface area contributed by atoms with Gasteiger partial charge in [0.15, 0.2) is 0 Å².